The van der Waals surface area contributed by atoms with E-state index < -0.39 is 6.04 Å². The molecule has 8 heteroatoms. The predicted octanol–water partition coefficient (Wildman–Crippen LogP) is 2.43. The van der Waals surface area contributed by atoms with Crippen LogP contribution in [-0.2, 0) is 4.74 Å². The van der Waals surface area contributed by atoms with Gasteiger partial charge >= 0.3 is 6.01 Å². The van der Waals surface area contributed by atoms with Crippen LogP contribution in [0, 0.1) is 0 Å². The van der Waals surface area contributed by atoms with E-state index in [4.69, 9.17) is 13.9 Å². The summed E-state index contributed by atoms with van der Waals surface area (Å²) in [7, 11) is 1.56. The van der Waals surface area contributed by atoms with E-state index in [1.165, 1.54) is 0 Å². The number of carbonyl (C=O) groups excluding carboxylic acids is 1. The molecule has 2 heterocycles. The smallest absolute Gasteiger partial charge is 0.318 e. The molecular weight excluding hydrogens is 372 g/mol. The zero-order chi connectivity index (χ0) is 20.1. The van der Waals surface area contributed by atoms with Crippen LogP contribution < -0.4 is 15.0 Å². The molecular formula is C21H22N4O4. The monoisotopic (exact) mass is 394 g/mol. The zero-order valence-electron chi connectivity index (χ0n) is 16.1. The van der Waals surface area contributed by atoms with Crippen LogP contribution in [0.1, 0.15) is 27.9 Å². The fraction of sp³-hybridized carbons (Fsp3) is 0.286. The Bertz CT molecular complexity index is 954. The highest BCUT2D eigenvalue weighted by Gasteiger charge is 2.25. The molecule has 1 aromatic heterocycles. The number of hydrogen-bond donors (Lipinski definition) is 1. The lowest BCUT2D eigenvalue weighted by Crippen LogP contribution is -2.36. The van der Waals surface area contributed by atoms with Crippen LogP contribution in [0.2, 0.25) is 0 Å². The zero-order valence-corrected chi connectivity index (χ0v) is 16.1. The van der Waals surface area contributed by atoms with E-state index in [9.17, 15) is 4.79 Å². The van der Waals surface area contributed by atoms with Gasteiger partial charge in [0.25, 0.3) is 5.91 Å². The second-order valence-corrected chi connectivity index (χ2v) is 6.57. The molecule has 0 unspecified atom stereocenters. The molecule has 0 radical (unpaired) electrons. The molecule has 29 heavy (non-hydrogen) atoms. The number of nitrogens with zero attached hydrogens (tertiary/aromatic N) is 3. The maximum atomic E-state index is 12.9. The van der Waals surface area contributed by atoms with E-state index in [0.717, 1.165) is 5.56 Å². The average Bonchev–Trinajstić information content (AvgIpc) is 3.28. The van der Waals surface area contributed by atoms with Gasteiger partial charge in [-0.1, -0.05) is 41.5 Å². The molecule has 0 saturated carbocycles. The number of benzene rings is 2. The van der Waals surface area contributed by atoms with Crippen LogP contribution in [-0.4, -0.2) is 49.5 Å². The lowest BCUT2D eigenvalue weighted by molar-refractivity contribution is 0.0937. The molecule has 0 spiro atoms. The number of hydrogen-bond acceptors (Lipinski definition) is 7. The Morgan fingerprint density at radius 3 is 2.66 bits per heavy atom. The van der Waals surface area contributed by atoms with Crippen LogP contribution in [0.15, 0.2) is 59.0 Å². The first kappa shape index (κ1) is 18.9. The normalized spacial score (nSPS) is 15.0. The summed E-state index contributed by atoms with van der Waals surface area (Å²) in [5.74, 6) is 0.680. The maximum Gasteiger partial charge on any atom is 0.318 e. The SMILES string of the molecule is COc1cccc(C(=O)N[C@@H](c2ccccc2)c2nnc(N3CCOCC3)o2)c1. The number of morpholine rings is 1. The summed E-state index contributed by atoms with van der Waals surface area (Å²) in [4.78, 5) is 14.9. The minimum atomic E-state index is -0.572. The second-order valence-electron chi connectivity index (χ2n) is 6.57. The minimum absolute atomic E-state index is 0.260. The number of rotatable bonds is 6. The third-order valence-electron chi connectivity index (χ3n) is 4.70. The summed E-state index contributed by atoms with van der Waals surface area (Å²) in [5.41, 5.74) is 1.33. The van der Waals surface area contributed by atoms with Crippen LogP contribution >= 0.6 is 0 Å². The number of carbonyl (C=O) groups is 1. The quantitative estimate of drug-likeness (QED) is 0.687. The Labute approximate surface area is 168 Å². The summed E-state index contributed by atoms with van der Waals surface area (Å²) >= 11 is 0. The van der Waals surface area contributed by atoms with Gasteiger partial charge in [0.15, 0.2) is 0 Å². The summed E-state index contributed by atoms with van der Waals surface area (Å²) in [6.45, 7) is 2.61. The van der Waals surface area contributed by atoms with Crippen molar-refractivity contribution in [3.63, 3.8) is 0 Å². The van der Waals surface area contributed by atoms with Crippen molar-refractivity contribution in [3.05, 3.63) is 71.6 Å². The maximum absolute atomic E-state index is 12.9. The molecule has 1 fully saturated rings. The first-order chi connectivity index (χ1) is 14.2. The van der Waals surface area contributed by atoms with Gasteiger partial charge in [-0.2, -0.15) is 0 Å². The predicted molar refractivity (Wildman–Crippen MR) is 106 cm³/mol. The molecule has 1 saturated heterocycles. The fourth-order valence-corrected chi connectivity index (χ4v) is 3.14. The van der Waals surface area contributed by atoms with Gasteiger partial charge in [0, 0.05) is 18.7 Å². The Morgan fingerprint density at radius 2 is 1.90 bits per heavy atom. The van der Waals surface area contributed by atoms with Crippen molar-refractivity contribution in [3.8, 4) is 5.75 Å². The third kappa shape index (κ3) is 4.38. The molecule has 1 N–H and O–H groups in total. The second kappa shape index (κ2) is 8.74. The van der Waals surface area contributed by atoms with Crippen molar-refractivity contribution in [2.24, 2.45) is 0 Å². The van der Waals surface area contributed by atoms with Crippen LogP contribution in [0.25, 0.3) is 0 Å². The van der Waals surface area contributed by atoms with Gasteiger partial charge < -0.3 is 24.1 Å². The Balaban J connectivity index is 1.60. The first-order valence-electron chi connectivity index (χ1n) is 9.40. The third-order valence-corrected chi connectivity index (χ3v) is 4.70. The van der Waals surface area contributed by atoms with Crippen molar-refractivity contribution in [1.29, 1.82) is 0 Å². The largest absolute Gasteiger partial charge is 0.497 e. The molecule has 3 aromatic rings. The number of anilines is 1. The molecule has 1 atom stereocenters. The van der Waals surface area contributed by atoms with E-state index in [2.05, 4.69) is 15.5 Å². The van der Waals surface area contributed by atoms with Crippen LogP contribution in [0.5, 0.6) is 5.75 Å². The molecule has 1 aliphatic rings. The molecule has 4 rings (SSSR count). The number of ether oxygens (including phenoxy) is 2. The van der Waals surface area contributed by atoms with E-state index in [0.29, 0.717) is 49.5 Å². The number of nitrogens with one attached hydrogen (secondary N) is 1. The van der Waals surface area contributed by atoms with E-state index in [-0.39, 0.29) is 5.91 Å². The lowest BCUT2D eigenvalue weighted by atomic mass is 10.1. The molecule has 150 valence electrons. The first-order valence-corrected chi connectivity index (χ1v) is 9.40. The van der Waals surface area contributed by atoms with E-state index in [1.54, 1.807) is 31.4 Å². The summed E-state index contributed by atoms with van der Waals surface area (Å²) in [6, 6.07) is 16.4. The Morgan fingerprint density at radius 1 is 1.10 bits per heavy atom. The number of methoxy groups -OCH3 is 1. The van der Waals surface area contributed by atoms with Gasteiger partial charge in [-0.15, -0.1) is 5.10 Å². The van der Waals surface area contributed by atoms with Crippen LogP contribution in [0.4, 0.5) is 6.01 Å². The van der Waals surface area contributed by atoms with E-state index >= 15 is 0 Å². The average molecular weight is 394 g/mol. The molecule has 8 nitrogen and oxygen atoms in total. The van der Waals surface area contributed by atoms with Crippen LogP contribution in [0.3, 0.4) is 0 Å². The highest BCUT2D eigenvalue weighted by molar-refractivity contribution is 5.95. The van der Waals surface area contributed by atoms with Gasteiger partial charge in [0.1, 0.15) is 11.8 Å². The van der Waals surface area contributed by atoms with E-state index in [1.807, 2.05) is 35.2 Å². The van der Waals surface area contributed by atoms with Crippen molar-refractivity contribution < 1.29 is 18.7 Å². The highest BCUT2D eigenvalue weighted by Crippen LogP contribution is 2.25. The molecule has 0 aliphatic carbocycles. The number of aromatic nitrogens is 2. The molecule has 1 amide bonds. The lowest BCUT2D eigenvalue weighted by Gasteiger charge is -2.24. The van der Waals surface area contributed by atoms with Gasteiger partial charge in [-0.05, 0) is 23.8 Å². The summed E-state index contributed by atoms with van der Waals surface area (Å²) in [5, 5.41) is 11.4. The van der Waals surface area contributed by atoms with Crippen molar-refractivity contribution in [1.82, 2.24) is 15.5 Å². The Kier molecular flexibility index (Phi) is 5.71. The van der Waals surface area contributed by atoms with Gasteiger partial charge in [0.05, 0.1) is 20.3 Å². The highest BCUT2D eigenvalue weighted by atomic mass is 16.5. The van der Waals surface area contributed by atoms with Gasteiger partial charge in [-0.3, -0.25) is 4.79 Å². The van der Waals surface area contributed by atoms with Crippen molar-refractivity contribution in [2.75, 3.05) is 38.3 Å². The van der Waals surface area contributed by atoms with Gasteiger partial charge in [-0.25, -0.2) is 0 Å². The molecule has 1 aliphatic heterocycles. The van der Waals surface area contributed by atoms with Crippen molar-refractivity contribution in [2.45, 2.75) is 6.04 Å². The number of amides is 1. The summed E-state index contributed by atoms with van der Waals surface area (Å²) < 4.78 is 16.5. The fourth-order valence-electron chi connectivity index (χ4n) is 3.14. The molecule has 2 aromatic carbocycles. The van der Waals surface area contributed by atoms with Gasteiger partial charge in [0.2, 0.25) is 5.89 Å². The topological polar surface area (TPSA) is 89.7 Å². The molecule has 0 bridgehead atoms. The van der Waals surface area contributed by atoms with Crippen molar-refractivity contribution >= 4 is 11.9 Å². The standard InChI is InChI=1S/C21H22N4O4/c1-27-17-9-5-8-16(14-17)19(26)22-18(15-6-3-2-4-7-15)20-23-24-21(29-20)25-10-12-28-13-11-25/h2-9,14,18H,10-13H2,1H3,(H,22,26)/t18-/m0/s1. The summed E-state index contributed by atoms with van der Waals surface area (Å²) in [6.07, 6.45) is 0. The Hall–Kier alpha value is -3.39. The minimum Gasteiger partial charge on any atom is -0.497 e.